The van der Waals surface area contributed by atoms with Crippen LogP contribution in [-0.2, 0) is 9.59 Å². The first-order valence-electron chi connectivity index (χ1n) is 10.5. The van der Waals surface area contributed by atoms with Crippen LogP contribution in [0.5, 0.6) is 0 Å². The van der Waals surface area contributed by atoms with Crippen molar-refractivity contribution >= 4 is 11.8 Å². The fourth-order valence-corrected chi connectivity index (χ4v) is 4.39. The summed E-state index contributed by atoms with van der Waals surface area (Å²) in [5.41, 5.74) is 3.38. The molecule has 2 N–H and O–H groups in total. The summed E-state index contributed by atoms with van der Waals surface area (Å²) in [7, 11) is 0. The van der Waals surface area contributed by atoms with Gasteiger partial charge in [-0.15, -0.1) is 0 Å². The van der Waals surface area contributed by atoms with Gasteiger partial charge in [0, 0.05) is 24.8 Å². The highest BCUT2D eigenvalue weighted by atomic mass is 16.3. The van der Waals surface area contributed by atoms with Gasteiger partial charge in [-0.05, 0) is 29.5 Å². The first-order valence-corrected chi connectivity index (χ1v) is 10.5. The average molecular weight is 392 g/mol. The largest absolute Gasteiger partial charge is 0.394 e. The third-order valence-corrected chi connectivity index (χ3v) is 6.16. The zero-order chi connectivity index (χ0) is 20.4. The van der Waals surface area contributed by atoms with E-state index in [1.807, 2.05) is 25.1 Å². The van der Waals surface area contributed by atoms with Gasteiger partial charge in [-0.1, -0.05) is 61.5 Å². The highest BCUT2D eigenvalue weighted by molar-refractivity contribution is 5.81. The second-order valence-corrected chi connectivity index (χ2v) is 8.01. The van der Waals surface area contributed by atoms with E-state index in [1.54, 1.807) is 4.90 Å². The summed E-state index contributed by atoms with van der Waals surface area (Å²) < 4.78 is 0. The van der Waals surface area contributed by atoms with Gasteiger partial charge < -0.3 is 15.3 Å². The zero-order valence-corrected chi connectivity index (χ0v) is 16.8. The molecule has 1 aliphatic heterocycles. The third-order valence-electron chi connectivity index (χ3n) is 6.16. The number of aliphatic hydroxyl groups excluding tert-OH is 1. The van der Waals surface area contributed by atoms with Crippen molar-refractivity contribution in [1.82, 2.24) is 10.2 Å². The molecule has 0 spiro atoms. The lowest BCUT2D eigenvalue weighted by Gasteiger charge is -2.55. The van der Waals surface area contributed by atoms with E-state index in [4.69, 9.17) is 0 Å². The molecule has 2 fully saturated rings. The maximum absolute atomic E-state index is 12.5. The molecular formula is C24H28N2O3. The molecule has 1 aliphatic carbocycles. The highest BCUT2D eigenvalue weighted by Gasteiger charge is 2.50. The van der Waals surface area contributed by atoms with Crippen molar-refractivity contribution in [3.05, 3.63) is 60.2 Å². The molecule has 2 aromatic rings. The van der Waals surface area contributed by atoms with E-state index < -0.39 is 0 Å². The molecule has 0 bridgehead atoms. The summed E-state index contributed by atoms with van der Waals surface area (Å²) in [6.07, 6.45) is 2.30. The number of aliphatic hydroxyl groups is 1. The lowest BCUT2D eigenvalue weighted by molar-refractivity contribution is -0.150. The second kappa shape index (κ2) is 8.37. The molecular weight excluding hydrogens is 364 g/mol. The fraction of sp³-hybridized carbons (Fsp3) is 0.417. The Morgan fingerprint density at radius 1 is 1.00 bits per heavy atom. The van der Waals surface area contributed by atoms with Crippen molar-refractivity contribution in [2.24, 2.45) is 5.92 Å². The van der Waals surface area contributed by atoms with Crippen LogP contribution in [0.3, 0.4) is 0 Å². The van der Waals surface area contributed by atoms with Crippen LogP contribution < -0.4 is 5.32 Å². The maximum atomic E-state index is 12.5. The number of hydrogen-bond acceptors (Lipinski definition) is 3. The molecule has 0 unspecified atom stereocenters. The molecule has 1 heterocycles. The van der Waals surface area contributed by atoms with E-state index in [2.05, 4.69) is 41.7 Å². The summed E-state index contributed by atoms with van der Waals surface area (Å²) in [6.45, 7) is 2.19. The van der Waals surface area contributed by atoms with Crippen LogP contribution in [0.2, 0.25) is 0 Å². The van der Waals surface area contributed by atoms with Gasteiger partial charge in [0.2, 0.25) is 11.8 Å². The molecule has 2 aromatic carbocycles. The van der Waals surface area contributed by atoms with Gasteiger partial charge in [-0.25, -0.2) is 0 Å². The van der Waals surface area contributed by atoms with E-state index in [1.165, 1.54) is 0 Å². The second-order valence-electron chi connectivity index (χ2n) is 8.01. The number of nitrogens with one attached hydrogen (secondary N) is 1. The van der Waals surface area contributed by atoms with Crippen LogP contribution in [0.15, 0.2) is 54.6 Å². The van der Waals surface area contributed by atoms with Crippen LogP contribution >= 0.6 is 0 Å². The Morgan fingerprint density at radius 3 is 2.24 bits per heavy atom. The lowest BCUT2D eigenvalue weighted by Crippen LogP contribution is -2.68. The summed E-state index contributed by atoms with van der Waals surface area (Å²) in [5, 5.41) is 13.0. The van der Waals surface area contributed by atoms with Crippen molar-refractivity contribution in [3.8, 4) is 11.1 Å². The van der Waals surface area contributed by atoms with Crippen molar-refractivity contribution in [2.75, 3.05) is 13.2 Å². The topological polar surface area (TPSA) is 69.6 Å². The van der Waals surface area contributed by atoms with Crippen molar-refractivity contribution in [1.29, 1.82) is 0 Å². The number of carbonyl (C=O) groups excluding carboxylic acids is 2. The molecule has 3 atom stereocenters. The van der Waals surface area contributed by atoms with Gasteiger partial charge in [0.25, 0.3) is 0 Å². The van der Waals surface area contributed by atoms with Gasteiger partial charge >= 0.3 is 0 Å². The number of rotatable bonds is 7. The predicted octanol–water partition coefficient (Wildman–Crippen LogP) is 2.95. The summed E-state index contributed by atoms with van der Waals surface area (Å²) in [4.78, 5) is 26.4. The Hall–Kier alpha value is -2.66. The molecule has 5 nitrogen and oxygen atoms in total. The minimum absolute atomic E-state index is 0.0137. The molecule has 5 heteroatoms. The molecule has 4 rings (SSSR count). The molecule has 0 aromatic heterocycles. The van der Waals surface area contributed by atoms with Gasteiger partial charge in [-0.2, -0.15) is 0 Å². The number of benzene rings is 2. The molecule has 29 heavy (non-hydrogen) atoms. The fourth-order valence-electron chi connectivity index (χ4n) is 4.39. The smallest absolute Gasteiger partial charge is 0.223 e. The summed E-state index contributed by atoms with van der Waals surface area (Å²) in [6, 6.07) is 18.2. The third kappa shape index (κ3) is 3.92. The van der Waals surface area contributed by atoms with Gasteiger partial charge in [0.1, 0.15) is 0 Å². The molecule has 152 valence electrons. The number of nitrogens with zero attached hydrogens (tertiary/aromatic N) is 1. The van der Waals surface area contributed by atoms with E-state index in [0.29, 0.717) is 13.0 Å². The molecule has 2 amide bonds. The van der Waals surface area contributed by atoms with Gasteiger partial charge in [0.05, 0.1) is 18.7 Å². The first kappa shape index (κ1) is 19.6. The number of amides is 2. The predicted molar refractivity (Wildman–Crippen MR) is 112 cm³/mol. The van der Waals surface area contributed by atoms with Crippen LogP contribution in [0.25, 0.3) is 11.1 Å². The Kier molecular flexibility index (Phi) is 5.67. The van der Waals surface area contributed by atoms with Crippen molar-refractivity contribution < 1.29 is 14.7 Å². The van der Waals surface area contributed by atoms with Crippen LogP contribution in [0.4, 0.5) is 0 Å². The zero-order valence-electron chi connectivity index (χ0n) is 16.8. The minimum atomic E-state index is -0.243. The SMILES string of the molecule is CCC(=O)N1[C@H](CO)[C@H](c2ccc(-c3ccccc3)cc2)[C@H]1CNC(=O)C1CC1. The Labute approximate surface area is 171 Å². The molecule has 2 aliphatic rings. The van der Waals surface area contributed by atoms with Crippen LogP contribution in [-0.4, -0.2) is 47.1 Å². The number of carbonyl (C=O) groups is 2. The maximum Gasteiger partial charge on any atom is 0.223 e. The van der Waals surface area contributed by atoms with Crippen LogP contribution in [0, 0.1) is 5.92 Å². The van der Waals surface area contributed by atoms with Crippen molar-refractivity contribution in [3.63, 3.8) is 0 Å². The summed E-state index contributed by atoms with van der Waals surface area (Å²) >= 11 is 0. The Bertz CT molecular complexity index is 861. The van der Waals surface area contributed by atoms with Crippen molar-refractivity contribution in [2.45, 2.75) is 44.2 Å². The summed E-state index contributed by atoms with van der Waals surface area (Å²) in [5.74, 6) is 0.258. The quantitative estimate of drug-likeness (QED) is 0.761. The van der Waals surface area contributed by atoms with E-state index in [-0.39, 0.29) is 42.3 Å². The van der Waals surface area contributed by atoms with E-state index in [0.717, 1.165) is 29.5 Å². The Morgan fingerprint density at radius 2 is 1.66 bits per heavy atom. The average Bonchev–Trinajstić information content (AvgIpc) is 3.59. The van der Waals surface area contributed by atoms with E-state index in [9.17, 15) is 14.7 Å². The lowest BCUT2D eigenvalue weighted by atomic mass is 9.74. The number of likely N-dealkylation sites (tertiary alicyclic amines) is 1. The normalized spacial score (nSPS) is 23.4. The molecule has 0 radical (unpaired) electrons. The Balaban J connectivity index is 1.55. The van der Waals surface area contributed by atoms with Gasteiger partial charge in [-0.3, -0.25) is 9.59 Å². The minimum Gasteiger partial charge on any atom is -0.394 e. The number of hydrogen-bond donors (Lipinski definition) is 2. The highest BCUT2D eigenvalue weighted by Crippen LogP contribution is 2.41. The van der Waals surface area contributed by atoms with E-state index >= 15 is 0 Å². The van der Waals surface area contributed by atoms with Gasteiger partial charge in [0.15, 0.2) is 0 Å². The first-order chi connectivity index (χ1) is 14.1. The molecule has 1 saturated carbocycles. The molecule has 1 saturated heterocycles. The standard InChI is InChI=1S/C24H28N2O3/c1-2-22(28)26-20(14-25-24(29)19-12-13-19)23(21(26)15-27)18-10-8-17(9-11-18)16-6-4-3-5-7-16/h3-11,19-21,23,27H,2,12-15H2,1H3,(H,25,29)/t20-,21-,23-/m1/s1. The monoisotopic (exact) mass is 392 g/mol. The van der Waals surface area contributed by atoms with Crippen LogP contribution in [0.1, 0.15) is 37.7 Å².